The van der Waals surface area contributed by atoms with Gasteiger partial charge in [-0.25, -0.2) is 14.6 Å². The number of primary amides is 1. The number of carbonyl (C=O) groups is 1. The van der Waals surface area contributed by atoms with Gasteiger partial charge in [-0.05, 0) is 24.3 Å². The van der Waals surface area contributed by atoms with Crippen molar-refractivity contribution in [1.29, 1.82) is 0 Å². The number of benzene rings is 2. The van der Waals surface area contributed by atoms with Gasteiger partial charge in [0.15, 0.2) is 0 Å². The number of nitrogens with two attached hydrogens (primary N) is 1. The van der Waals surface area contributed by atoms with Gasteiger partial charge in [0.1, 0.15) is 18.2 Å². The average Bonchev–Trinajstić information content (AvgIpc) is 2.47. The van der Waals surface area contributed by atoms with Crippen LogP contribution in [0.4, 0.5) is 9.18 Å². The highest BCUT2D eigenvalue weighted by Crippen LogP contribution is 2.23. The topological polar surface area (TPSA) is 76.7 Å². The molecule has 0 heterocycles. The van der Waals surface area contributed by atoms with Crippen molar-refractivity contribution in [1.82, 2.24) is 5.43 Å². The van der Waals surface area contributed by atoms with Gasteiger partial charge in [-0.3, -0.25) is 0 Å². The molecule has 0 aliphatic heterocycles. The molecule has 0 radical (unpaired) electrons. The number of nitrogens with one attached hydrogen (secondary N) is 1. The molecule has 0 fully saturated rings. The number of hydrogen-bond donors (Lipinski definition) is 2. The van der Waals surface area contributed by atoms with Crippen LogP contribution in [0.3, 0.4) is 0 Å². The molecule has 2 aromatic carbocycles. The molecule has 3 N–H and O–H groups in total. The molecule has 0 saturated heterocycles. The Bertz CT molecular complexity index is 707. The number of hydrazone groups is 1. The van der Waals surface area contributed by atoms with Crippen LogP contribution >= 0.6 is 15.9 Å². The van der Waals surface area contributed by atoms with Crippen LogP contribution in [-0.4, -0.2) is 12.2 Å². The van der Waals surface area contributed by atoms with E-state index in [1.54, 1.807) is 36.4 Å². The summed E-state index contributed by atoms with van der Waals surface area (Å²) in [5.41, 5.74) is 8.09. The molecule has 0 aromatic heterocycles. The van der Waals surface area contributed by atoms with Crippen LogP contribution < -0.4 is 15.9 Å². The van der Waals surface area contributed by atoms with Crippen LogP contribution in [-0.2, 0) is 6.61 Å². The van der Waals surface area contributed by atoms with Gasteiger partial charge in [-0.1, -0.05) is 34.1 Å². The molecule has 0 saturated carbocycles. The van der Waals surface area contributed by atoms with Crippen LogP contribution in [0.15, 0.2) is 52.0 Å². The zero-order valence-corrected chi connectivity index (χ0v) is 13.0. The summed E-state index contributed by atoms with van der Waals surface area (Å²) < 4.78 is 20.0. The van der Waals surface area contributed by atoms with Gasteiger partial charge in [0.2, 0.25) is 0 Å². The Kier molecular flexibility index (Phi) is 5.48. The summed E-state index contributed by atoms with van der Waals surface area (Å²) in [6.07, 6.45) is 1.40. The summed E-state index contributed by atoms with van der Waals surface area (Å²) in [6.45, 7) is 0.0817. The fraction of sp³-hybridized carbons (Fsp3) is 0.0667. The third-order valence-corrected chi connectivity index (χ3v) is 3.18. The van der Waals surface area contributed by atoms with Crippen molar-refractivity contribution in [3.05, 3.63) is 63.9 Å². The highest BCUT2D eigenvalue weighted by atomic mass is 79.9. The lowest BCUT2D eigenvalue weighted by Gasteiger charge is -2.10. The second-order valence-corrected chi connectivity index (χ2v) is 5.21. The van der Waals surface area contributed by atoms with Crippen molar-refractivity contribution in [3.63, 3.8) is 0 Å². The van der Waals surface area contributed by atoms with Gasteiger partial charge in [0, 0.05) is 15.6 Å². The summed E-state index contributed by atoms with van der Waals surface area (Å²) in [5, 5.41) is 3.69. The lowest BCUT2D eigenvalue weighted by molar-refractivity contribution is 0.249. The predicted molar refractivity (Wildman–Crippen MR) is 85.2 cm³/mol. The lowest BCUT2D eigenvalue weighted by atomic mass is 10.2. The Morgan fingerprint density at radius 1 is 1.36 bits per heavy atom. The Morgan fingerprint density at radius 2 is 2.14 bits per heavy atom. The van der Waals surface area contributed by atoms with Crippen LogP contribution in [0.2, 0.25) is 0 Å². The van der Waals surface area contributed by atoms with E-state index in [0.717, 1.165) is 4.47 Å². The first-order chi connectivity index (χ1) is 10.6. The molecule has 2 rings (SSSR count). The normalized spacial score (nSPS) is 10.6. The number of urea groups is 1. The van der Waals surface area contributed by atoms with E-state index in [4.69, 9.17) is 10.5 Å². The molecular formula is C15H13BrFN3O2. The van der Waals surface area contributed by atoms with Gasteiger partial charge in [0.25, 0.3) is 0 Å². The van der Waals surface area contributed by atoms with Gasteiger partial charge >= 0.3 is 6.03 Å². The van der Waals surface area contributed by atoms with Crippen LogP contribution in [0.5, 0.6) is 5.75 Å². The number of amides is 2. The molecule has 0 aliphatic carbocycles. The van der Waals surface area contributed by atoms with Crippen LogP contribution in [0, 0.1) is 5.82 Å². The van der Waals surface area contributed by atoms with Crippen molar-refractivity contribution < 1.29 is 13.9 Å². The van der Waals surface area contributed by atoms with Crippen LogP contribution in [0.25, 0.3) is 0 Å². The molecule has 0 bridgehead atoms. The van der Waals surface area contributed by atoms with E-state index in [9.17, 15) is 9.18 Å². The number of rotatable bonds is 5. The molecule has 5 nitrogen and oxygen atoms in total. The predicted octanol–water partition coefficient (Wildman–Crippen LogP) is 3.17. The summed E-state index contributed by atoms with van der Waals surface area (Å²) in [6, 6.07) is 10.9. The standard InChI is InChI=1S/C15H13BrFN3O2/c16-12-5-6-14(11(7-12)8-19-20-15(18)21)22-9-10-3-1-2-4-13(10)17/h1-8H,9H2,(H3,18,20,21). The quantitative estimate of drug-likeness (QED) is 0.630. The van der Waals surface area contributed by atoms with E-state index in [-0.39, 0.29) is 12.4 Å². The minimum atomic E-state index is -0.764. The first-order valence-electron chi connectivity index (χ1n) is 6.30. The first-order valence-corrected chi connectivity index (χ1v) is 7.10. The van der Waals surface area contributed by atoms with Crippen molar-refractivity contribution in [2.24, 2.45) is 10.8 Å². The van der Waals surface area contributed by atoms with E-state index in [2.05, 4.69) is 26.5 Å². The molecule has 114 valence electrons. The van der Waals surface area contributed by atoms with E-state index in [0.29, 0.717) is 16.9 Å². The molecular weight excluding hydrogens is 353 g/mol. The third kappa shape index (κ3) is 4.56. The van der Waals surface area contributed by atoms with Crippen molar-refractivity contribution in [3.8, 4) is 5.75 Å². The molecule has 0 aliphatic rings. The zero-order valence-electron chi connectivity index (χ0n) is 11.4. The van der Waals surface area contributed by atoms with Gasteiger partial charge < -0.3 is 10.5 Å². The van der Waals surface area contributed by atoms with E-state index in [1.165, 1.54) is 12.3 Å². The maximum absolute atomic E-state index is 13.6. The zero-order chi connectivity index (χ0) is 15.9. The fourth-order valence-electron chi connectivity index (χ4n) is 1.69. The molecule has 2 aromatic rings. The first kappa shape index (κ1) is 16.0. The number of nitrogens with zero attached hydrogens (tertiary/aromatic N) is 1. The summed E-state index contributed by atoms with van der Waals surface area (Å²) in [7, 11) is 0. The van der Waals surface area contributed by atoms with E-state index in [1.807, 2.05) is 0 Å². The maximum atomic E-state index is 13.6. The lowest BCUT2D eigenvalue weighted by Crippen LogP contribution is -2.24. The van der Waals surface area contributed by atoms with Crippen LogP contribution in [0.1, 0.15) is 11.1 Å². The maximum Gasteiger partial charge on any atom is 0.332 e. The third-order valence-electron chi connectivity index (χ3n) is 2.69. The Labute approximate surface area is 135 Å². The monoisotopic (exact) mass is 365 g/mol. The largest absolute Gasteiger partial charge is 0.488 e. The van der Waals surface area contributed by atoms with Crippen molar-refractivity contribution in [2.45, 2.75) is 6.61 Å². The Balaban J connectivity index is 2.14. The van der Waals surface area contributed by atoms with E-state index < -0.39 is 6.03 Å². The molecule has 0 atom stereocenters. The molecule has 2 amide bonds. The smallest absolute Gasteiger partial charge is 0.332 e. The van der Waals surface area contributed by atoms with Crippen molar-refractivity contribution in [2.75, 3.05) is 0 Å². The molecule has 0 unspecified atom stereocenters. The highest BCUT2D eigenvalue weighted by Gasteiger charge is 2.06. The molecule has 0 spiro atoms. The van der Waals surface area contributed by atoms with E-state index >= 15 is 0 Å². The molecule has 22 heavy (non-hydrogen) atoms. The highest BCUT2D eigenvalue weighted by molar-refractivity contribution is 9.10. The van der Waals surface area contributed by atoms with Crippen molar-refractivity contribution >= 4 is 28.2 Å². The number of carbonyl (C=O) groups excluding carboxylic acids is 1. The second-order valence-electron chi connectivity index (χ2n) is 4.30. The molecule has 7 heteroatoms. The van der Waals surface area contributed by atoms with Gasteiger partial charge in [0.05, 0.1) is 6.21 Å². The second kappa shape index (κ2) is 7.56. The van der Waals surface area contributed by atoms with Gasteiger partial charge in [-0.15, -0.1) is 0 Å². The summed E-state index contributed by atoms with van der Waals surface area (Å²) in [4.78, 5) is 10.6. The minimum absolute atomic E-state index is 0.0817. The Morgan fingerprint density at radius 3 is 2.86 bits per heavy atom. The summed E-state index contributed by atoms with van der Waals surface area (Å²) in [5.74, 6) is 0.173. The number of halogens is 2. The number of hydrogen-bond acceptors (Lipinski definition) is 3. The number of ether oxygens (including phenoxy) is 1. The van der Waals surface area contributed by atoms with Gasteiger partial charge in [-0.2, -0.15) is 5.10 Å². The fourth-order valence-corrected chi connectivity index (χ4v) is 2.07. The summed E-state index contributed by atoms with van der Waals surface area (Å²) >= 11 is 3.34. The minimum Gasteiger partial charge on any atom is -0.488 e. The Hall–Kier alpha value is -2.41. The SMILES string of the molecule is NC(=O)NN=Cc1cc(Br)ccc1OCc1ccccc1F. The average molecular weight is 366 g/mol.